The number of aromatic nitrogens is 1. The molecule has 2 aliphatic rings. The highest BCUT2D eigenvalue weighted by molar-refractivity contribution is 5.93. The van der Waals surface area contributed by atoms with Gasteiger partial charge in [0.25, 0.3) is 0 Å². The summed E-state index contributed by atoms with van der Waals surface area (Å²) in [5.41, 5.74) is 3.75. The Morgan fingerprint density at radius 1 is 1.13 bits per heavy atom. The molecule has 0 atom stereocenters. The summed E-state index contributed by atoms with van der Waals surface area (Å²) in [6.07, 6.45) is 3.70. The quantitative estimate of drug-likeness (QED) is 0.784. The van der Waals surface area contributed by atoms with Crippen molar-refractivity contribution in [1.29, 1.82) is 0 Å². The number of aromatic carboxylic acids is 1. The Balaban J connectivity index is 1.60. The van der Waals surface area contributed by atoms with Crippen molar-refractivity contribution in [1.82, 2.24) is 9.88 Å². The smallest absolute Gasteiger partial charge is 0.336 e. The molecule has 2 N–H and O–H groups in total. The van der Waals surface area contributed by atoms with Gasteiger partial charge >= 0.3 is 5.97 Å². The topological polar surface area (TPSA) is 77.9 Å². The second-order valence-electron chi connectivity index (χ2n) is 8.23. The van der Waals surface area contributed by atoms with Crippen molar-refractivity contribution < 1.29 is 14.6 Å². The number of hydrogen-bond donors (Lipinski definition) is 2. The van der Waals surface area contributed by atoms with Crippen LogP contribution in [0.15, 0.2) is 30.5 Å². The van der Waals surface area contributed by atoms with E-state index in [1.807, 2.05) is 31.3 Å². The van der Waals surface area contributed by atoms with E-state index in [1.165, 1.54) is 0 Å². The molecule has 0 amide bonds. The zero-order chi connectivity index (χ0) is 21.1. The van der Waals surface area contributed by atoms with Crippen LogP contribution in [0, 0.1) is 6.92 Å². The van der Waals surface area contributed by atoms with Crippen LogP contribution in [0.4, 0.5) is 11.5 Å². The summed E-state index contributed by atoms with van der Waals surface area (Å²) in [7, 11) is 2.14. The lowest BCUT2D eigenvalue weighted by Crippen LogP contribution is -2.44. The fourth-order valence-corrected chi connectivity index (χ4v) is 4.09. The van der Waals surface area contributed by atoms with Crippen molar-refractivity contribution in [2.75, 3.05) is 56.7 Å². The fourth-order valence-electron chi connectivity index (χ4n) is 4.09. The third-order valence-corrected chi connectivity index (χ3v) is 6.13. The van der Waals surface area contributed by atoms with Gasteiger partial charge in [0.05, 0.1) is 5.56 Å². The molecule has 0 unspecified atom stereocenters. The summed E-state index contributed by atoms with van der Waals surface area (Å²) < 4.78 is 5.44. The van der Waals surface area contributed by atoms with Gasteiger partial charge in [0.1, 0.15) is 5.82 Å². The fraction of sp³-hybridized carbons (Fsp3) is 0.478. The second-order valence-corrected chi connectivity index (χ2v) is 8.23. The van der Waals surface area contributed by atoms with Crippen LogP contribution < -0.4 is 10.2 Å². The number of anilines is 2. The first kappa shape index (κ1) is 20.6. The van der Waals surface area contributed by atoms with E-state index < -0.39 is 5.97 Å². The lowest BCUT2D eigenvalue weighted by molar-refractivity contribution is 0.0696. The van der Waals surface area contributed by atoms with Gasteiger partial charge in [-0.25, -0.2) is 9.78 Å². The SMILES string of the molecule is Cc1c(NC2CCOCC2)cc(-c2ccc(N3CCN(C)CC3)nc2)cc1C(=O)O. The minimum atomic E-state index is -0.911. The predicted octanol–water partition coefficient (Wildman–Crippen LogP) is 3.10. The summed E-state index contributed by atoms with van der Waals surface area (Å²) in [6.45, 7) is 7.34. The number of ether oxygens (including phenoxy) is 1. The minimum Gasteiger partial charge on any atom is -0.478 e. The van der Waals surface area contributed by atoms with Crippen molar-refractivity contribution in [3.05, 3.63) is 41.6 Å². The van der Waals surface area contributed by atoms with E-state index in [9.17, 15) is 9.90 Å². The highest BCUT2D eigenvalue weighted by Crippen LogP contribution is 2.30. The molecule has 0 saturated carbocycles. The van der Waals surface area contributed by atoms with Crippen molar-refractivity contribution in [3.8, 4) is 11.1 Å². The van der Waals surface area contributed by atoms with E-state index in [4.69, 9.17) is 4.74 Å². The number of carbonyl (C=O) groups is 1. The van der Waals surface area contributed by atoms with Gasteiger partial charge in [-0.15, -0.1) is 0 Å². The second kappa shape index (κ2) is 9.02. The molecule has 2 aliphatic heterocycles. The van der Waals surface area contributed by atoms with Crippen molar-refractivity contribution in [2.24, 2.45) is 0 Å². The zero-order valence-corrected chi connectivity index (χ0v) is 17.7. The number of likely N-dealkylation sites (N-methyl/N-ethyl adjacent to an activating group) is 1. The molecule has 2 fully saturated rings. The number of carboxylic acids is 1. The van der Waals surface area contributed by atoms with E-state index in [-0.39, 0.29) is 0 Å². The Kier molecular flexibility index (Phi) is 6.20. The van der Waals surface area contributed by atoms with Crippen LogP contribution in [0.1, 0.15) is 28.8 Å². The number of piperazine rings is 1. The molecule has 2 saturated heterocycles. The van der Waals surface area contributed by atoms with E-state index in [0.29, 0.717) is 11.6 Å². The van der Waals surface area contributed by atoms with Crippen molar-refractivity contribution >= 4 is 17.5 Å². The van der Waals surface area contributed by atoms with Crippen LogP contribution in [0.25, 0.3) is 11.1 Å². The molecule has 1 aromatic carbocycles. The Morgan fingerprint density at radius 3 is 2.50 bits per heavy atom. The van der Waals surface area contributed by atoms with Crippen molar-refractivity contribution in [3.63, 3.8) is 0 Å². The molecule has 7 nitrogen and oxygen atoms in total. The van der Waals surface area contributed by atoms with E-state index in [1.54, 1.807) is 6.07 Å². The number of benzene rings is 1. The standard InChI is InChI=1S/C23H30N4O3/c1-16-20(23(28)29)13-18(14-21(16)25-19-5-11-30-12-6-19)17-3-4-22(24-15-17)27-9-7-26(2)8-10-27/h3-4,13-15,19,25H,5-12H2,1-2H3,(H,28,29). The number of pyridine rings is 1. The van der Waals surface area contributed by atoms with Gasteiger partial charge < -0.3 is 25.0 Å². The maximum absolute atomic E-state index is 11.9. The lowest BCUT2D eigenvalue weighted by Gasteiger charge is -2.33. The average molecular weight is 411 g/mol. The van der Waals surface area contributed by atoms with Crippen LogP contribution in [-0.4, -0.2) is 73.4 Å². The first-order valence-electron chi connectivity index (χ1n) is 10.6. The zero-order valence-electron chi connectivity index (χ0n) is 17.7. The molecule has 7 heteroatoms. The van der Waals surface area contributed by atoms with Gasteiger partial charge in [-0.3, -0.25) is 0 Å². The highest BCUT2D eigenvalue weighted by Gasteiger charge is 2.19. The summed E-state index contributed by atoms with van der Waals surface area (Å²) in [4.78, 5) is 21.1. The molecule has 160 valence electrons. The Morgan fingerprint density at radius 2 is 1.87 bits per heavy atom. The highest BCUT2D eigenvalue weighted by atomic mass is 16.5. The molecule has 0 spiro atoms. The van der Waals surface area contributed by atoms with E-state index >= 15 is 0 Å². The molecular formula is C23H30N4O3. The van der Waals surface area contributed by atoms with Gasteiger partial charge in [-0.1, -0.05) is 0 Å². The third-order valence-electron chi connectivity index (χ3n) is 6.13. The Bertz CT molecular complexity index is 886. The normalized spacial score (nSPS) is 18.4. The average Bonchev–Trinajstić information content (AvgIpc) is 2.76. The molecule has 30 heavy (non-hydrogen) atoms. The summed E-state index contributed by atoms with van der Waals surface area (Å²) in [5, 5.41) is 13.3. The monoisotopic (exact) mass is 410 g/mol. The van der Waals surface area contributed by atoms with Gasteiger partial charge in [-0.05, 0) is 62.2 Å². The molecule has 0 bridgehead atoms. The summed E-state index contributed by atoms with van der Waals surface area (Å²) in [5.74, 6) is 0.0596. The Hall–Kier alpha value is -2.64. The van der Waals surface area contributed by atoms with Gasteiger partial charge in [-0.2, -0.15) is 0 Å². The van der Waals surface area contributed by atoms with Gasteiger partial charge in [0.2, 0.25) is 0 Å². The molecule has 0 aliphatic carbocycles. The summed E-state index contributed by atoms with van der Waals surface area (Å²) in [6, 6.07) is 8.16. The first-order chi connectivity index (χ1) is 14.5. The number of nitrogens with zero attached hydrogens (tertiary/aromatic N) is 3. The van der Waals surface area contributed by atoms with Crippen LogP contribution >= 0.6 is 0 Å². The molecule has 3 heterocycles. The van der Waals surface area contributed by atoms with Crippen LogP contribution in [0.5, 0.6) is 0 Å². The number of nitrogens with one attached hydrogen (secondary N) is 1. The van der Waals surface area contributed by atoms with Crippen molar-refractivity contribution in [2.45, 2.75) is 25.8 Å². The molecule has 4 rings (SSSR count). The number of hydrogen-bond acceptors (Lipinski definition) is 6. The maximum Gasteiger partial charge on any atom is 0.336 e. The van der Waals surface area contributed by atoms with Gasteiger partial charge in [0, 0.05) is 62.9 Å². The van der Waals surface area contributed by atoms with Gasteiger partial charge in [0.15, 0.2) is 0 Å². The van der Waals surface area contributed by atoms with Crippen LogP contribution in [0.2, 0.25) is 0 Å². The Labute approximate surface area is 177 Å². The van der Waals surface area contributed by atoms with E-state index in [2.05, 4.69) is 27.1 Å². The van der Waals surface area contributed by atoms with Crippen LogP contribution in [0.3, 0.4) is 0 Å². The maximum atomic E-state index is 11.9. The summed E-state index contributed by atoms with van der Waals surface area (Å²) >= 11 is 0. The van der Waals surface area contributed by atoms with E-state index in [0.717, 1.165) is 80.4 Å². The number of carboxylic acid groups (broad SMARTS) is 1. The molecule has 0 radical (unpaired) electrons. The minimum absolute atomic E-state index is 0.298. The molecule has 1 aromatic heterocycles. The largest absolute Gasteiger partial charge is 0.478 e. The third kappa shape index (κ3) is 4.57. The predicted molar refractivity (Wildman–Crippen MR) is 119 cm³/mol. The number of rotatable bonds is 5. The van der Waals surface area contributed by atoms with Crippen LogP contribution in [-0.2, 0) is 4.74 Å². The molecule has 2 aromatic rings. The lowest BCUT2D eigenvalue weighted by atomic mass is 9.97. The first-order valence-corrected chi connectivity index (χ1v) is 10.6. The molecular weight excluding hydrogens is 380 g/mol.